The number of nitrogens with zero attached hydrogens (tertiary/aromatic N) is 1. The SMILES string of the molecule is CC(CNC(c1cccs1)C1CC1)CN1CCCC1. The summed E-state index contributed by atoms with van der Waals surface area (Å²) in [6.07, 6.45) is 5.63. The molecule has 0 radical (unpaired) electrons. The molecule has 2 unspecified atom stereocenters. The van der Waals surface area contributed by atoms with Gasteiger partial charge in [-0.25, -0.2) is 0 Å². The van der Waals surface area contributed by atoms with Gasteiger partial charge in [0.1, 0.15) is 0 Å². The molecule has 1 saturated heterocycles. The molecule has 2 aliphatic rings. The third-order valence-corrected chi connectivity index (χ3v) is 5.35. The molecule has 106 valence electrons. The molecule has 0 bridgehead atoms. The first-order chi connectivity index (χ1) is 9.33. The minimum atomic E-state index is 0.626. The van der Waals surface area contributed by atoms with Crippen LogP contribution in [0.5, 0.6) is 0 Å². The van der Waals surface area contributed by atoms with Crippen LogP contribution in [0.3, 0.4) is 0 Å². The summed E-state index contributed by atoms with van der Waals surface area (Å²) in [5, 5.41) is 6.05. The Labute approximate surface area is 121 Å². The van der Waals surface area contributed by atoms with Crippen LogP contribution >= 0.6 is 11.3 Å². The van der Waals surface area contributed by atoms with E-state index in [4.69, 9.17) is 0 Å². The van der Waals surface area contributed by atoms with E-state index in [1.807, 2.05) is 11.3 Å². The van der Waals surface area contributed by atoms with Crippen molar-refractivity contribution in [1.29, 1.82) is 0 Å². The van der Waals surface area contributed by atoms with Crippen LogP contribution in [0.1, 0.15) is 43.5 Å². The van der Waals surface area contributed by atoms with Gasteiger partial charge in [0.2, 0.25) is 0 Å². The fourth-order valence-electron chi connectivity index (χ4n) is 3.20. The molecule has 3 heteroatoms. The minimum absolute atomic E-state index is 0.626. The molecule has 19 heavy (non-hydrogen) atoms. The summed E-state index contributed by atoms with van der Waals surface area (Å²) in [4.78, 5) is 4.17. The Morgan fingerprint density at radius 2 is 2.16 bits per heavy atom. The van der Waals surface area contributed by atoms with Crippen molar-refractivity contribution in [3.63, 3.8) is 0 Å². The zero-order valence-electron chi connectivity index (χ0n) is 12.0. The van der Waals surface area contributed by atoms with E-state index < -0.39 is 0 Å². The van der Waals surface area contributed by atoms with E-state index in [0.29, 0.717) is 6.04 Å². The molecular formula is C16H26N2S. The maximum Gasteiger partial charge on any atom is 0.0443 e. The van der Waals surface area contributed by atoms with Crippen LogP contribution in [-0.4, -0.2) is 31.1 Å². The number of hydrogen-bond acceptors (Lipinski definition) is 3. The molecule has 2 heterocycles. The van der Waals surface area contributed by atoms with Gasteiger partial charge in [-0.3, -0.25) is 0 Å². The van der Waals surface area contributed by atoms with Crippen LogP contribution in [0, 0.1) is 11.8 Å². The largest absolute Gasteiger partial charge is 0.309 e. The van der Waals surface area contributed by atoms with Crippen molar-refractivity contribution in [3.8, 4) is 0 Å². The Kier molecular flexibility index (Phi) is 4.57. The van der Waals surface area contributed by atoms with E-state index in [0.717, 1.165) is 18.4 Å². The van der Waals surface area contributed by atoms with Crippen LogP contribution in [0.15, 0.2) is 17.5 Å². The predicted octanol–water partition coefficient (Wildman–Crippen LogP) is 3.52. The lowest BCUT2D eigenvalue weighted by Gasteiger charge is -2.23. The number of nitrogens with one attached hydrogen (secondary N) is 1. The highest BCUT2D eigenvalue weighted by atomic mass is 32.1. The third-order valence-electron chi connectivity index (χ3n) is 4.40. The Bertz CT molecular complexity index is 366. The predicted molar refractivity (Wildman–Crippen MR) is 82.6 cm³/mol. The maximum absolute atomic E-state index is 3.84. The normalized spacial score (nSPS) is 23.6. The van der Waals surface area contributed by atoms with Crippen molar-refractivity contribution in [1.82, 2.24) is 10.2 Å². The molecule has 1 N–H and O–H groups in total. The monoisotopic (exact) mass is 278 g/mol. The Morgan fingerprint density at radius 1 is 1.37 bits per heavy atom. The minimum Gasteiger partial charge on any atom is -0.309 e. The smallest absolute Gasteiger partial charge is 0.0443 e. The van der Waals surface area contributed by atoms with Crippen LogP contribution in [-0.2, 0) is 0 Å². The number of likely N-dealkylation sites (tertiary alicyclic amines) is 1. The maximum atomic E-state index is 3.84. The fourth-order valence-corrected chi connectivity index (χ4v) is 4.09. The molecular weight excluding hydrogens is 252 g/mol. The van der Waals surface area contributed by atoms with Gasteiger partial charge in [0, 0.05) is 17.5 Å². The van der Waals surface area contributed by atoms with Gasteiger partial charge in [0.15, 0.2) is 0 Å². The quantitative estimate of drug-likeness (QED) is 0.821. The molecule has 1 aromatic rings. The van der Waals surface area contributed by atoms with Gasteiger partial charge in [-0.05, 0) is 68.6 Å². The van der Waals surface area contributed by atoms with Crippen LogP contribution in [0.25, 0.3) is 0 Å². The van der Waals surface area contributed by atoms with E-state index >= 15 is 0 Å². The van der Waals surface area contributed by atoms with Crippen LogP contribution in [0.4, 0.5) is 0 Å². The highest BCUT2D eigenvalue weighted by Gasteiger charge is 2.32. The first-order valence-electron chi connectivity index (χ1n) is 7.82. The summed E-state index contributed by atoms with van der Waals surface area (Å²) in [6, 6.07) is 5.11. The van der Waals surface area contributed by atoms with Gasteiger partial charge in [-0.1, -0.05) is 13.0 Å². The Morgan fingerprint density at radius 3 is 2.79 bits per heavy atom. The second kappa shape index (κ2) is 6.38. The van der Waals surface area contributed by atoms with E-state index in [1.165, 1.54) is 50.2 Å². The molecule has 1 aliphatic carbocycles. The first-order valence-corrected chi connectivity index (χ1v) is 8.70. The van der Waals surface area contributed by atoms with E-state index in [2.05, 4.69) is 34.7 Å². The molecule has 3 rings (SSSR count). The van der Waals surface area contributed by atoms with Crippen molar-refractivity contribution < 1.29 is 0 Å². The van der Waals surface area contributed by atoms with Crippen LogP contribution in [0.2, 0.25) is 0 Å². The molecule has 0 aromatic carbocycles. The molecule has 2 fully saturated rings. The lowest BCUT2D eigenvalue weighted by molar-refractivity contribution is 0.275. The van der Waals surface area contributed by atoms with Crippen molar-refractivity contribution in [2.45, 2.75) is 38.6 Å². The number of hydrogen-bond donors (Lipinski definition) is 1. The molecule has 1 aliphatic heterocycles. The van der Waals surface area contributed by atoms with Gasteiger partial charge in [0.05, 0.1) is 0 Å². The second-order valence-corrected chi connectivity index (χ2v) is 7.33. The Balaban J connectivity index is 1.46. The Hall–Kier alpha value is -0.380. The summed E-state index contributed by atoms with van der Waals surface area (Å²) in [6.45, 7) is 7.47. The van der Waals surface area contributed by atoms with Crippen LogP contribution < -0.4 is 5.32 Å². The van der Waals surface area contributed by atoms with Crippen molar-refractivity contribution >= 4 is 11.3 Å². The molecule has 1 saturated carbocycles. The summed E-state index contributed by atoms with van der Waals surface area (Å²) >= 11 is 1.91. The number of rotatable bonds is 7. The lowest BCUT2D eigenvalue weighted by Crippen LogP contribution is -2.33. The van der Waals surface area contributed by atoms with E-state index in [-0.39, 0.29) is 0 Å². The average Bonchev–Trinajstić information content (AvgIpc) is 2.90. The van der Waals surface area contributed by atoms with Gasteiger partial charge in [0.25, 0.3) is 0 Å². The van der Waals surface area contributed by atoms with Gasteiger partial charge >= 0.3 is 0 Å². The summed E-state index contributed by atoms with van der Waals surface area (Å²) < 4.78 is 0. The van der Waals surface area contributed by atoms with Gasteiger partial charge < -0.3 is 10.2 Å². The number of thiophene rings is 1. The molecule has 0 spiro atoms. The molecule has 1 aromatic heterocycles. The van der Waals surface area contributed by atoms with Gasteiger partial charge in [-0.2, -0.15) is 0 Å². The van der Waals surface area contributed by atoms with E-state index in [1.54, 1.807) is 0 Å². The highest BCUT2D eigenvalue weighted by Crippen LogP contribution is 2.42. The van der Waals surface area contributed by atoms with Crippen molar-refractivity contribution in [2.75, 3.05) is 26.2 Å². The lowest BCUT2D eigenvalue weighted by atomic mass is 10.1. The third kappa shape index (κ3) is 3.80. The van der Waals surface area contributed by atoms with E-state index in [9.17, 15) is 0 Å². The highest BCUT2D eigenvalue weighted by molar-refractivity contribution is 7.10. The molecule has 2 atom stereocenters. The average molecular weight is 278 g/mol. The molecule has 0 amide bonds. The fraction of sp³-hybridized carbons (Fsp3) is 0.750. The molecule has 2 nitrogen and oxygen atoms in total. The second-order valence-electron chi connectivity index (χ2n) is 6.35. The van der Waals surface area contributed by atoms with Crippen molar-refractivity contribution in [2.24, 2.45) is 11.8 Å². The van der Waals surface area contributed by atoms with Crippen molar-refractivity contribution in [3.05, 3.63) is 22.4 Å². The summed E-state index contributed by atoms with van der Waals surface area (Å²) in [5.74, 6) is 1.66. The summed E-state index contributed by atoms with van der Waals surface area (Å²) in [5.41, 5.74) is 0. The zero-order valence-corrected chi connectivity index (χ0v) is 12.8. The first kappa shape index (κ1) is 13.6. The topological polar surface area (TPSA) is 15.3 Å². The zero-order chi connectivity index (χ0) is 13.1. The standard InChI is InChI=1S/C16H26N2S/c1-13(12-18-8-2-3-9-18)11-17-16(14-6-7-14)15-5-4-10-19-15/h4-5,10,13-14,16-17H,2-3,6-9,11-12H2,1H3. The van der Waals surface area contributed by atoms with Gasteiger partial charge in [-0.15, -0.1) is 11.3 Å². The summed E-state index contributed by atoms with van der Waals surface area (Å²) in [7, 11) is 0.